The van der Waals surface area contributed by atoms with Gasteiger partial charge in [-0.05, 0) is 54.7 Å². The molecule has 0 amide bonds. The van der Waals surface area contributed by atoms with Crippen molar-refractivity contribution in [1.82, 2.24) is 14.5 Å². The van der Waals surface area contributed by atoms with Crippen LogP contribution in [-0.4, -0.2) is 26.9 Å². The monoisotopic (exact) mass is 542 g/mol. The maximum Gasteiger partial charge on any atom is 0.416 e. The summed E-state index contributed by atoms with van der Waals surface area (Å²) in [5.41, 5.74) is 5.45. The second kappa shape index (κ2) is 11.3. The van der Waals surface area contributed by atoms with E-state index in [2.05, 4.69) is 45.8 Å². The summed E-state index contributed by atoms with van der Waals surface area (Å²) in [7, 11) is 0. The van der Waals surface area contributed by atoms with Crippen LogP contribution in [0.3, 0.4) is 0 Å². The molecule has 0 unspecified atom stereocenters. The summed E-state index contributed by atoms with van der Waals surface area (Å²) >= 11 is 0. The summed E-state index contributed by atoms with van der Waals surface area (Å²) in [6.45, 7) is 5.57. The third kappa shape index (κ3) is 5.91. The Hall–Kier alpha value is -4.46. The average molecular weight is 543 g/mol. The number of ketones is 1. The molecule has 0 spiro atoms. The SMILES string of the molecule is Cc1c(C)n(Cc2ccccc2)c2ncnc(NCCc3ccc(CC(=O)c4cccc(C(F)(F)F)c4)cc3)c12. The van der Waals surface area contributed by atoms with Crippen molar-refractivity contribution in [2.45, 2.75) is 39.4 Å². The van der Waals surface area contributed by atoms with Gasteiger partial charge in [0.2, 0.25) is 0 Å². The first-order valence-electron chi connectivity index (χ1n) is 13.1. The van der Waals surface area contributed by atoms with Crippen LogP contribution in [0.1, 0.15) is 43.9 Å². The fourth-order valence-corrected chi connectivity index (χ4v) is 4.87. The van der Waals surface area contributed by atoms with Crippen LogP contribution >= 0.6 is 0 Å². The minimum atomic E-state index is -4.48. The predicted molar refractivity (Wildman–Crippen MR) is 151 cm³/mol. The van der Waals surface area contributed by atoms with E-state index in [0.717, 1.165) is 64.3 Å². The van der Waals surface area contributed by atoms with Gasteiger partial charge in [-0.15, -0.1) is 0 Å². The van der Waals surface area contributed by atoms with Crippen LogP contribution < -0.4 is 5.32 Å². The molecule has 8 heteroatoms. The number of nitrogens with one attached hydrogen (secondary N) is 1. The van der Waals surface area contributed by atoms with E-state index in [1.54, 1.807) is 6.33 Å². The third-order valence-corrected chi connectivity index (χ3v) is 7.19. The lowest BCUT2D eigenvalue weighted by atomic mass is 10.00. The smallest absolute Gasteiger partial charge is 0.369 e. The Labute approximate surface area is 230 Å². The van der Waals surface area contributed by atoms with Crippen LogP contribution in [0.4, 0.5) is 19.0 Å². The molecule has 2 heterocycles. The number of aromatic nitrogens is 3. The zero-order valence-corrected chi connectivity index (χ0v) is 22.3. The molecule has 40 heavy (non-hydrogen) atoms. The number of carbonyl (C=O) groups excluding carboxylic acids is 1. The van der Waals surface area contributed by atoms with Gasteiger partial charge in [-0.2, -0.15) is 13.2 Å². The van der Waals surface area contributed by atoms with Crippen molar-refractivity contribution in [1.29, 1.82) is 0 Å². The van der Waals surface area contributed by atoms with E-state index in [4.69, 9.17) is 0 Å². The highest BCUT2D eigenvalue weighted by Crippen LogP contribution is 2.30. The predicted octanol–water partition coefficient (Wildman–Crippen LogP) is 7.20. The lowest BCUT2D eigenvalue weighted by molar-refractivity contribution is -0.137. The van der Waals surface area contributed by atoms with E-state index < -0.39 is 11.7 Å². The Balaban J connectivity index is 1.23. The highest BCUT2D eigenvalue weighted by atomic mass is 19.4. The highest BCUT2D eigenvalue weighted by molar-refractivity contribution is 5.97. The van der Waals surface area contributed by atoms with E-state index in [-0.39, 0.29) is 17.8 Å². The molecule has 5 nitrogen and oxygen atoms in total. The molecule has 2 aromatic heterocycles. The molecule has 0 aliphatic carbocycles. The van der Waals surface area contributed by atoms with Crippen LogP contribution in [0, 0.1) is 13.8 Å². The van der Waals surface area contributed by atoms with Crippen molar-refractivity contribution in [3.05, 3.63) is 124 Å². The summed E-state index contributed by atoms with van der Waals surface area (Å²) < 4.78 is 41.2. The van der Waals surface area contributed by atoms with Gasteiger partial charge in [0.05, 0.1) is 10.9 Å². The summed E-state index contributed by atoms with van der Waals surface area (Å²) in [5, 5.41) is 4.47. The summed E-state index contributed by atoms with van der Waals surface area (Å²) in [5.74, 6) is 0.443. The number of alkyl halides is 3. The average Bonchev–Trinajstić information content (AvgIpc) is 3.19. The highest BCUT2D eigenvalue weighted by Gasteiger charge is 2.30. The molecule has 0 atom stereocenters. The zero-order chi connectivity index (χ0) is 28.3. The molecule has 0 bridgehead atoms. The minimum absolute atomic E-state index is 0.0390. The summed E-state index contributed by atoms with van der Waals surface area (Å²) in [6.07, 6.45) is -2.12. The Morgan fingerprint density at radius 1 is 0.875 bits per heavy atom. The number of hydrogen-bond acceptors (Lipinski definition) is 4. The number of halogens is 3. The van der Waals surface area contributed by atoms with Gasteiger partial charge >= 0.3 is 6.18 Å². The van der Waals surface area contributed by atoms with E-state index in [1.807, 2.05) is 42.5 Å². The van der Waals surface area contributed by atoms with E-state index in [0.29, 0.717) is 6.54 Å². The van der Waals surface area contributed by atoms with Crippen molar-refractivity contribution in [2.24, 2.45) is 0 Å². The van der Waals surface area contributed by atoms with Crippen LogP contribution in [-0.2, 0) is 25.6 Å². The van der Waals surface area contributed by atoms with Gasteiger partial charge in [0.1, 0.15) is 17.8 Å². The maximum atomic E-state index is 13.0. The number of anilines is 1. The van der Waals surface area contributed by atoms with E-state index in [9.17, 15) is 18.0 Å². The van der Waals surface area contributed by atoms with Gasteiger partial charge < -0.3 is 9.88 Å². The molecule has 204 valence electrons. The number of benzene rings is 3. The fourth-order valence-electron chi connectivity index (χ4n) is 4.87. The molecule has 5 rings (SSSR count). The van der Waals surface area contributed by atoms with Gasteiger partial charge in [0.25, 0.3) is 0 Å². The number of hydrogen-bond donors (Lipinski definition) is 1. The molecule has 0 fully saturated rings. The van der Waals surface area contributed by atoms with Gasteiger partial charge in [-0.25, -0.2) is 9.97 Å². The van der Waals surface area contributed by atoms with Crippen molar-refractivity contribution in [2.75, 3.05) is 11.9 Å². The van der Waals surface area contributed by atoms with Gasteiger partial charge in [0, 0.05) is 30.8 Å². The van der Waals surface area contributed by atoms with Crippen LogP contribution in [0.5, 0.6) is 0 Å². The van der Waals surface area contributed by atoms with Crippen LogP contribution in [0.2, 0.25) is 0 Å². The number of carbonyl (C=O) groups is 1. The molecule has 0 aliphatic heterocycles. The first-order valence-corrected chi connectivity index (χ1v) is 13.1. The van der Waals surface area contributed by atoms with Crippen molar-refractivity contribution < 1.29 is 18.0 Å². The Bertz CT molecular complexity index is 1640. The van der Waals surface area contributed by atoms with Crippen LogP contribution in [0.15, 0.2) is 85.2 Å². The Morgan fingerprint density at radius 2 is 1.60 bits per heavy atom. The van der Waals surface area contributed by atoms with Crippen molar-refractivity contribution in [3.63, 3.8) is 0 Å². The fraction of sp³-hybridized carbons (Fsp3) is 0.219. The number of nitrogens with zero attached hydrogens (tertiary/aromatic N) is 3. The second-order valence-electron chi connectivity index (χ2n) is 9.87. The second-order valence-corrected chi connectivity index (χ2v) is 9.87. The lowest BCUT2D eigenvalue weighted by Gasteiger charge is -2.10. The quantitative estimate of drug-likeness (QED) is 0.200. The number of rotatable bonds is 9. The van der Waals surface area contributed by atoms with E-state index >= 15 is 0 Å². The Kier molecular flexibility index (Phi) is 7.69. The normalized spacial score (nSPS) is 11.6. The van der Waals surface area contributed by atoms with Crippen LogP contribution in [0.25, 0.3) is 11.0 Å². The number of fused-ring (bicyclic) bond motifs is 1. The topological polar surface area (TPSA) is 59.8 Å². The van der Waals surface area contributed by atoms with Crippen molar-refractivity contribution >= 4 is 22.6 Å². The number of Topliss-reactive ketones (excluding diaryl/α,β-unsaturated/α-hetero) is 1. The third-order valence-electron chi connectivity index (χ3n) is 7.19. The lowest BCUT2D eigenvalue weighted by Crippen LogP contribution is -2.09. The molecule has 1 N–H and O–H groups in total. The zero-order valence-electron chi connectivity index (χ0n) is 22.3. The van der Waals surface area contributed by atoms with E-state index in [1.165, 1.54) is 17.7 Å². The summed E-state index contributed by atoms with van der Waals surface area (Å²) in [6, 6.07) is 22.4. The maximum absolute atomic E-state index is 13.0. The largest absolute Gasteiger partial charge is 0.416 e. The molecule has 0 saturated heterocycles. The molecule has 0 saturated carbocycles. The van der Waals surface area contributed by atoms with Gasteiger partial charge in [0.15, 0.2) is 5.78 Å². The molecular formula is C32H29F3N4O. The first-order chi connectivity index (χ1) is 19.2. The van der Waals surface area contributed by atoms with Gasteiger partial charge in [-0.3, -0.25) is 4.79 Å². The number of aryl methyl sites for hydroxylation is 1. The Morgan fingerprint density at radius 3 is 2.33 bits per heavy atom. The molecular weight excluding hydrogens is 513 g/mol. The van der Waals surface area contributed by atoms with Gasteiger partial charge in [-0.1, -0.05) is 66.7 Å². The summed E-state index contributed by atoms with van der Waals surface area (Å²) in [4.78, 5) is 21.7. The molecule has 0 radical (unpaired) electrons. The minimum Gasteiger partial charge on any atom is -0.369 e. The molecule has 5 aromatic rings. The van der Waals surface area contributed by atoms with Crippen molar-refractivity contribution in [3.8, 4) is 0 Å². The molecule has 0 aliphatic rings. The standard InChI is InChI=1S/C32H29F3N4O/c1-21-22(2)39(19-25-7-4-3-5-8-25)31-29(21)30(37-20-38-31)36-16-15-23-11-13-24(14-12-23)17-28(40)26-9-6-10-27(18-26)32(33,34)35/h3-14,18,20H,15-17,19H2,1-2H3,(H,36,37,38). The molecule has 3 aromatic carbocycles. The first kappa shape index (κ1) is 27.1.